The molecule has 1 heterocycles. The molecule has 80 valence electrons. The largest absolute Gasteiger partial charge is 0.366 e. The highest BCUT2D eigenvalue weighted by atomic mass is 32.2. The number of nitrogens with one attached hydrogen (secondary N) is 1. The van der Waals surface area contributed by atoms with Crippen molar-refractivity contribution in [2.45, 2.75) is 6.04 Å². The van der Waals surface area contributed by atoms with E-state index in [1.165, 1.54) is 7.11 Å². The molecule has 0 aromatic carbocycles. The number of hydroxylamine groups is 1. The summed E-state index contributed by atoms with van der Waals surface area (Å²) in [6, 6.07) is -1.07. The van der Waals surface area contributed by atoms with Crippen LogP contribution in [0.3, 0.4) is 0 Å². The standard InChI is InChI=1S/C5H9N3O5S/c1-13-7-2-3-4(6)5(9)8(3)14(10,11)12/h2,4,7H,6H2,1H3,(H,10,11,12)/t4-/m0/s1. The van der Waals surface area contributed by atoms with Gasteiger partial charge in [0.05, 0.1) is 12.8 Å². The Morgan fingerprint density at radius 3 is 2.71 bits per heavy atom. The Labute approximate surface area is 80.1 Å². The minimum Gasteiger partial charge on any atom is -0.315 e. The van der Waals surface area contributed by atoms with Crippen molar-refractivity contribution in [2.24, 2.45) is 5.73 Å². The van der Waals surface area contributed by atoms with Crippen LogP contribution < -0.4 is 11.2 Å². The molecule has 8 nitrogen and oxygen atoms in total. The summed E-state index contributed by atoms with van der Waals surface area (Å²) in [4.78, 5) is 15.3. The molecule has 0 unspecified atom stereocenters. The van der Waals surface area contributed by atoms with E-state index in [9.17, 15) is 13.2 Å². The molecule has 0 saturated carbocycles. The van der Waals surface area contributed by atoms with Gasteiger partial charge in [-0.05, 0) is 0 Å². The second kappa shape index (κ2) is 3.53. The van der Waals surface area contributed by atoms with E-state index in [0.29, 0.717) is 0 Å². The maximum Gasteiger partial charge on any atom is 0.366 e. The first kappa shape index (κ1) is 10.9. The topological polar surface area (TPSA) is 122 Å². The zero-order valence-corrected chi connectivity index (χ0v) is 7.98. The zero-order valence-electron chi connectivity index (χ0n) is 7.17. The first-order valence-corrected chi connectivity index (χ1v) is 4.85. The fourth-order valence-electron chi connectivity index (χ4n) is 0.955. The van der Waals surface area contributed by atoms with Crippen LogP contribution in [-0.2, 0) is 19.9 Å². The highest BCUT2D eigenvalue weighted by Gasteiger charge is 2.47. The fourth-order valence-corrected chi connectivity index (χ4v) is 1.73. The van der Waals surface area contributed by atoms with Gasteiger partial charge >= 0.3 is 10.3 Å². The molecule has 1 saturated heterocycles. The number of carbonyl (C=O) groups is 1. The van der Waals surface area contributed by atoms with E-state index < -0.39 is 22.3 Å². The molecular formula is C5H9N3O5S. The summed E-state index contributed by atoms with van der Waals surface area (Å²) >= 11 is 0. The molecule has 0 bridgehead atoms. The van der Waals surface area contributed by atoms with E-state index in [2.05, 4.69) is 10.3 Å². The van der Waals surface area contributed by atoms with E-state index in [1.807, 2.05) is 0 Å². The molecule has 1 atom stereocenters. The van der Waals surface area contributed by atoms with Crippen LogP contribution in [0.15, 0.2) is 11.9 Å². The molecular weight excluding hydrogens is 214 g/mol. The number of nitrogens with two attached hydrogens (primary N) is 1. The maximum absolute atomic E-state index is 10.9. The number of hydrogen-bond donors (Lipinski definition) is 3. The molecule has 0 spiro atoms. The molecule has 4 N–H and O–H groups in total. The molecule has 0 aromatic heterocycles. The Bertz CT molecular complexity index is 375. The first-order chi connectivity index (χ1) is 6.39. The van der Waals surface area contributed by atoms with Crippen molar-refractivity contribution < 1.29 is 22.6 Å². The van der Waals surface area contributed by atoms with Crippen molar-refractivity contribution in [1.29, 1.82) is 0 Å². The van der Waals surface area contributed by atoms with Gasteiger partial charge in [0, 0.05) is 6.20 Å². The van der Waals surface area contributed by atoms with E-state index in [-0.39, 0.29) is 10.0 Å². The summed E-state index contributed by atoms with van der Waals surface area (Å²) in [5.41, 5.74) is 7.37. The lowest BCUT2D eigenvalue weighted by Crippen LogP contribution is -2.60. The van der Waals surface area contributed by atoms with Crippen molar-refractivity contribution in [3.05, 3.63) is 11.9 Å². The van der Waals surface area contributed by atoms with Crippen LogP contribution in [-0.4, -0.2) is 36.3 Å². The quantitative estimate of drug-likeness (QED) is 0.286. The predicted octanol–water partition coefficient (Wildman–Crippen LogP) is -2.05. The number of amides is 1. The van der Waals surface area contributed by atoms with Gasteiger partial charge in [0.25, 0.3) is 5.91 Å². The second-order valence-electron chi connectivity index (χ2n) is 2.45. The molecule has 0 radical (unpaired) electrons. The summed E-state index contributed by atoms with van der Waals surface area (Å²) < 4.78 is 30.1. The van der Waals surface area contributed by atoms with Gasteiger partial charge in [-0.2, -0.15) is 12.7 Å². The lowest BCUT2D eigenvalue weighted by molar-refractivity contribution is -0.131. The van der Waals surface area contributed by atoms with Crippen LogP contribution in [0.1, 0.15) is 0 Å². The summed E-state index contributed by atoms with van der Waals surface area (Å²) in [6.07, 6.45) is 1.07. The zero-order chi connectivity index (χ0) is 10.9. The van der Waals surface area contributed by atoms with Crippen LogP contribution >= 0.6 is 0 Å². The van der Waals surface area contributed by atoms with Crippen molar-refractivity contribution >= 4 is 16.2 Å². The average molecular weight is 223 g/mol. The predicted molar refractivity (Wildman–Crippen MR) is 44.6 cm³/mol. The van der Waals surface area contributed by atoms with E-state index >= 15 is 0 Å². The molecule has 9 heteroatoms. The molecule has 1 aliphatic rings. The van der Waals surface area contributed by atoms with E-state index in [1.54, 1.807) is 0 Å². The summed E-state index contributed by atoms with van der Waals surface area (Å²) in [5.74, 6) is -0.892. The van der Waals surface area contributed by atoms with Gasteiger partial charge in [-0.1, -0.05) is 0 Å². The first-order valence-electron chi connectivity index (χ1n) is 3.45. The number of carbonyl (C=O) groups excluding carboxylic acids is 1. The fraction of sp³-hybridized carbons (Fsp3) is 0.400. The Morgan fingerprint density at radius 1 is 1.71 bits per heavy atom. The van der Waals surface area contributed by atoms with Gasteiger partial charge < -0.3 is 5.73 Å². The van der Waals surface area contributed by atoms with Crippen molar-refractivity contribution in [2.75, 3.05) is 7.11 Å². The molecule has 1 aliphatic heterocycles. The number of nitrogens with zero attached hydrogens (tertiary/aromatic N) is 1. The van der Waals surface area contributed by atoms with Gasteiger partial charge in [-0.15, -0.1) is 0 Å². The third kappa shape index (κ3) is 1.70. The summed E-state index contributed by atoms with van der Waals surface area (Å²) in [6.45, 7) is 0. The Kier molecular flexibility index (Phi) is 2.76. The second-order valence-corrected chi connectivity index (χ2v) is 3.71. The Balaban J connectivity index is 2.92. The van der Waals surface area contributed by atoms with Gasteiger partial charge in [0.1, 0.15) is 6.04 Å². The molecule has 0 aliphatic carbocycles. The number of β-lactam (4-membered cyclic amide) rings is 1. The normalized spacial score (nSPS) is 25.1. The summed E-state index contributed by atoms with van der Waals surface area (Å²) in [7, 11) is -3.30. The van der Waals surface area contributed by atoms with Crippen molar-refractivity contribution in [3.8, 4) is 0 Å². The van der Waals surface area contributed by atoms with Gasteiger partial charge in [-0.25, -0.2) is 0 Å². The highest BCUT2D eigenvalue weighted by Crippen LogP contribution is 2.24. The van der Waals surface area contributed by atoms with Crippen LogP contribution in [0, 0.1) is 0 Å². The lowest BCUT2D eigenvalue weighted by Gasteiger charge is -2.35. The van der Waals surface area contributed by atoms with Crippen molar-refractivity contribution in [1.82, 2.24) is 9.79 Å². The molecule has 1 rings (SSSR count). The van der Waals surface area contributed by atoms with Crippen molar-refractivity contribution in [3.63, 3.8) is 0 Å². The monoisotopic (exact) mass is 223 g/mol. The smallest absolute Gasteiger partial charge is 0.315 e. The highest BCUT2D eigenvalue weighted by molar-refractivity contribution is 7.84. The SMILES string of the molecule is CONC=C1[C@H](N)C(=O)N1S(=O)(=O)O. The van der Waals surface area contributed by atoms with Crippen LogP contribution in [0.25, 0.3) is 0 Å². The van der Waals surface area contributed by atoms with Crippen LogP contribution in [0.2, 0.25) is 0 Å². The van der Waals surface area contributed by atoms with E-state index in [4.69, 9.17) is 10.3 Å². The minimum atomic E-state index is -4.59. The van der Waals surface area contributed by atoms with Gasteiger partial charge in [0.2, 0.25) is 0 Å². The Morgan fingerprint density at radius 2 is 2.29 bits per heavy atom. The third-order valence-electron chi connectivity index (χ3n) is 1.57. The maximum atomic E-state index is 10.9. The van der Waals surface area contributed by atoms with Gasteiger partial charge in [-0.3, -0.25) is 19.7 Å². The third-order valence-corrected chi connectivity index (χ3v) is 2.43. The minimum absolute atomic E-state index is 0.0839. The Hall–Kier alpha value is -1.16. The molecule has 1 fully saturated rings. The average Bonchev–Trinajstić information content (AvgIpc) is 2.08. The number of hydrogen-bond acceptors (Lipinski definition) is 6. The number of rotatable bonds is 3. The van der Waals surface area contributed by atoms with Gasteiger partial charge in [0.15, 0.2) is 0 Å². The summed E-state index contributed by atoms with van der Waals surface area (Å²) in [5, 5.41) is 0. The lowest BCUT2D eigenvalue weighted by atomic mass is 10.1. The molecule has 0 aromatic rings. The van der Waals surface area contributed by atoms with E-state index in [0.717, 1.165) is 6.20 Å². The molecule has 14 heavy (non-hydrogen) atoms. The van der Waals surface area contributed by atoms with Crippen LogP contribution in [0.4, 0.5) is 0 Å². The van der Waals surface area contributed by atoms with Crippen LogP contribution in [0.5, 0.6) is 0 Å². The molecule has 1 amide bonds.